The Bertz CT molecular complexity index is 604. The summed E-state index contributed by atoms with van der Waals surface area (Å²) in [6.07, 6.45) is 4.87. The summed E-state index contributed by atoms with van der Waals surface area (Å²) >= 11 is 1.94. The van der Waals surface area contributed by atoms with Crippen molar-refractivity contribution in [2.45, 2.75) is 45.4 Å². The molecule has 6 heteroatoms. The summed E-state index contributed by atoms with van der Waals surface area (Å²) in [7, 11) is 0. The third-order valence-corrected chi connectivity index (χ3v) is 5.35. The Morgan fingerprint density at radius 1 is 1.19 bits per heavy atom. The highest BCUT2D eigenvalue weighted by molar-refractivity contribution is 7.99. The molecule has 0 spiro atoms. The Kier molecular flexibility index (Phi) is 9.24. The topological polar surface area (TPSA) is 61.8 Å². The van der Waals surface area contributed by atoms with Crippen molar-refractivity contribution in [2.75, 3.05) is 24.6 Å². The van der Waals surface area contributed by atoms with Crippen LogP contribution in [0.4, 0.5) is 0 Å². The molecule has 1 aliphatic heterocycles. The zero-order chi connectivity index (χ0) is 18.6. The molecule has 1 aromatic carbocycles. The number of unbranched alkanes of at least 4 members (excludes halogenated alkanes) is 1. The highest BCUT2D eigenvalue weighted by Gasteiger charge is 2.21. The van der Waals surface area contributed by atoms with Crippen molar-refractivity contribution >= 4 is 29.3 Å². The van der Waals surface area contributed by atoms with Crippen molar-refractivity contribution in [1.29, 1.82) is 0 Å². The van der Waals surface area contributed by atoms with Gasteiger partial charge in [-0.25, -0.2) is 5.01 Å². The molecule has 0 aromatic heterocycles. The van der Waals surface area contributed by atoms with E-state index in [-0.39, 0.29) is 11.8 Å². The predicted molar refractivity (Wildman–Crippen MR) is 108 cm³/mol. The van der Waals surface area contributed by atoms with Crippen molar-refractivity contribution in [3.8, 4) is 0 Å². The number of benzene rings is 1. The van der Waals surface area contributed by atoms with Crippen molar-refractivity contribution in [3.05, 3.63) is 35.9 Å². The smallest absolute Gasteiger partial charge is 0.243 e. The Morgan fingerprint density at radius 2 is 1.96 bits per heavy atom. The molecule has 0 unspecified atom stereocenters. The normalized spacial score (nSPS) is 14.3. The second-order valence-electron chi connectivity index (χ2n) is 6.35. The van der Waals surface area contributed by atoms with Gasteiger partial charge in [-0.1, -0.05) is 43.7 Å². The minimum atomic E-state index is -0.0154. The molecule has 1 aliphatic rings. The van der Waals surface area contributed by atoms with Crippen LogP contribution in [-0.4, -0.2) is 47.1 Å². The molecular weight excluding hydrogens is 346 g/mol. The van der Waals surface area contributed by atoms with Crippen LogP contribution in [0.2, 0.25) is 0 Å². The van der Waals surface area contributed by atoms with E-state index in [2.05, 4.69) is 17.3 Å². The molecule has 0 radical (unpaired) electrons. The van der Waals surface area contributed by atoms with E-state index < -0.39 is 0 Å². The fraction of sp³-hybridized carbons (Fsp3) is 0.550. The lowest BCUT2D eigenvalue weighted by Gasteiger charge is -2.23. The predicted octanol–water partition coefficient (Wildman–Crippen LogP) is 3.44. The van der Waals surface area contributed by atoms with E-state index >= 15 is 0 Å². The van der Waals surface area contributed by atoms with Gasteiger partial charge in [0.25, 0.3) is 0 Å². The largest absolute Gasteiger partial charge is 0.356 e. The summed E-state index contributed by atoms with van der Waals surface area (Å²) in [5.41, 5.74) is 1.95. The molecular formula is C20H29N3O2S. The molecule has 0 fully saturated rings. The lowest BCUT2D eigenvalue weighted by atomic mass is 10.0. The summed E-state index contributed by atoms with van der Waals surface area (Å²) in [5, 5.41) is 8.84. The van der Waals surface area contributed by atoms with Gasteiger partial charge in [0.1, 0.15) is 0 Å². The summed E-state index contributed by atoms with van der Waals surface area (Å²) in [4.78, 5) is 24.0. The van der Waals surface area contributed by atoms with Gasteiger partial charge in [-0.3, -0.25) is 9.59 Å². The van der Waals surface area contributed by atoms with E-state index in [1.807, 2.05) is 42.1 Å². The minimum Gasteiger partial charge on any atom is -0.356 e. The van der Waals surface area contributed by atoms with Crippen LogP contribution < -0.4 is 5.32 Å². The quantitative estimate of drug-likeness (QED) is 0.603. The van der Waals surface area contributed by atoms with E-state index in [1.54, 1.807) is 0 Å². The van der Waals surface area contributed by atoms with Crippen LogP contribution in [0.25, 0.3) is 0 Å². The number of hydrazone groups is 1. The van der Waals surface area contributed by atoms with Gasteiger partial charge < -0.3 is 5.32 Å². The standard InChI is InChI=1S/C20H29N3O2S/c1-2-3-15-26-16-7-13-21-19(24)12-14-23-20(25)11-10-18(22-23)17-8-5-4-6-9-17/h4-6,8-9H,2-3,7,10-16H2,1H3,(H,21,24). The van der Waals surface area contributed by atoms with Crippen molar-refractivity contribution in [2.24, 2.45) is 5.10 Å². The van der Waals surface area contributed by atoms with Crippen LogP contribution in [-0.2, 0) is 9.59 Å². The molecule has 1 N–H and O–H groups in total. The Hall–Kier alpha value is -1.82. The monoisotopic (exact) mass is 375 g/mol. The fourth-order valence-electron chi connectivity index (χ4n) is 2.66. The SMILES string of the molecule is CCCCSCCCNC(=O)CCN1N=C(c2ccccc2)CCC1=O. The van der Waals surface area contributed by atoms with Gasteiger partial charge >= 0.3 is 0 Å². The van der Waals surface area contributed by atoms with Crippen LogP contribution in [0.1, 0.15) is 51.0 Å². The number of nitrogens with zero attached hydrogens (tertiary/aromatic N) is 2. The average Bonchev–Trinajstić information content (AvgIpc) is 2.67. The lowest BCUT2D eigenvalue weighted by molar-refractivity contribution is -0.132. The number of thioether (sulfide) groups is 1. The summed E-state index contributed by atoms with van der Waals surface area (Å²) < 4.78 is 0. The number of carbonyl (C=O) groups is 2. The number of hydrogen-bond acceptors (Lipinski definition) is 4. The third-order valence-electron chi connectivity index (χ3n) is 4.19. The molecule has 2 amide bonds. The molecule has 26 heavy (non-hydrogen) atoms. The Labute approximate surface area is 160 Å². The maximum absolute atomic E-state index is 12.1. The van der Waals surface area contributed by atoms with Crippen molar-refractivity contribution < 1.29 is 9.59 Å². The second-order valence-corrected chi connectivity index (χ2v) is 7.57. The molecule has 0 saturated carbocycles. The van der Waals surface area contributed by atoms with Gasteiger partial charge in [-0.15, -0.1) is 0 Å². The van der Waals surface area contributed by atoms with Gasteiger partial charge in [0.05, 0.1) is 12.3 Å². The fourth-order valence-corrected chi connectivity index (χ4v) is 3.70. The van der Waals surface area contributed by atoms with Crippen LogP contribution in [0.5, 0.6) is 0 Å². The van der Waals surface area contributed by atoms with Crippen LogP contribution in [0.15, 0.2) is 35.4 Å². The molecule has 0 saturated heterocycles. The summed E-state index contributed by atoms with van der Waals surface area (Å²) in [5.74, 6) is 2.25. The molecule has 142 valence electrons. The van der Waals surface area contributed by atoms with Crippen molar-refractivity contribution in [1.82, 2.24) is 10.3 Å². The highest BCUT2D eigenvalue weighted by atomic mass is 32.2. The number of rotatable bonds is 11. The first kappa shape index (κ1) is 20.5. The molecule has 0 aliphatic carbocycles. The molecule has 2 rings (SSSR count). The van der Waals surface area contributed by atoms with Gasteiger partial charge in [-0.2, -0.15) is 16.9 Å². The molecule has 1 aromatic rings. The van der Waals surface area contributed by atoms with Gasteiger partial charge in [0.15, 0.2) is 0 Å². The van der Waals surface area contributed by atoms with Gasteiger partial charge in [0, 0.05) is 25.8 Å². The minimum absolute atomic E-state index is 0.00944. The van der Waals surface area contributed by atoms with E-state index in [4.69, 9.17) is 0 Å². The summed E-state index contributed by atoms with van der Waals surface area (Å²) in [6.45, 7) is 3.23. The average molecular weight is 376 g/mol. The molecule has 0 bridgehead atoms. The zero-order valence-electron chi connectivity index (χ0n) is 15.6. The summed E-state index contributed by atoms with van der Waals surface area (Å²) in [6, 6.07) is 9.89. The Morgan fingerprint density at radius 3 is 2.73 bits per heavy atom. The number of nitrogens with one attached hydrogen (secondary N) is 1. The third kappa shape index (κ3) is 7.20. The zero-order valence-corrected chi connectivity index (χ0v) is 16.4. The highest BCUT2D eigenvalue weighted by Crippen LogP contribution is 2.15. The second kappa shape index (κ2) is 11.7. The van der Waals surface area contributed by atoms with E-state index in [9.17, 15) is 9.59 Å². The van der Waals surface area contributed by atoms with Gasteiger partial charge in [-0.05, 0) is 29.9 Å². The van der Waals surface area contributed by atoms with E-state index in [1.165, 1.54) is 23.6 Å². The molecule has 0 atom stereocenters. The van der Waals surface area contributed by atoms with E-state index in [0.29, 0.717) is 32.4 Å². The first-order chi connectivity index (χ1) is 12.7. The first-order valence-corrected chi connectivity index (χ1v) is 10.6. The molecule has 5 nitrogen and oxygen atoms in total. The van der Waals surface area contributed by atoms with Crippen LogP contribution in [0.3, 0.4) is 0 Å². The number of carbonyl (C=O) groups excluding carboxylic acids is 2. The first-order valence-electron chi connectivity index (χ1n) is 9.48. The lowest BCUT2D eigenvalue weighted by Crippen LogP contribution is -2.35. The van der Waals surface area contributed by atoms with Crippen LogP contribution >= 0.6 is 11.8 Å². The van der Waals surface area contributed by atoms with Crippen LogP contribution in [0, 0.1) is 0 Å². The number of amides is 2. The van der Waals surface area contributed by atoms with E-state index in [0.717, 1.165) is 23.4 Å². The molecule has 1 heterocycles. The maximum Gasteiger partial charge on any atom is 0.243 e. The maximum atomic E-state index is 12.1. The Balaban J connectivity index is 1.70. The number of hydrogen-bond donors (Lipinski definition) is 1. The van der Waals surface area contributed by atoms with Gasteiger partial charge in [0.2, 0.25) is 11.8 Å². The van der Waals surface area contributed by atoms with Crippen molar-refractivity contribution in [3.63, 3.8) is 0 Å².